The van der Waals surface area contributed by atoms with Crippen molar-refractivity contribution in [2.24, 2.45) is 7.05 Å². The van der Waals surface area contributed by atoms with Gasteiger partial charge in [-0.25, -0.2) is 0 Å². The number of Topliss-reactive ketones (excluding diaryl/α,β-unsaturated/α-hetero) is 1. The first-order chi connectivity index (χ1) is 6.22. The molecule has 0 aliphatic heterocycles. The van der Waals surface area contributed by atoms with Crippen molar-refractivity contribution < 1.29 is 4.79 Å². The van der Waals surface area contributed by atoms with Crippen molar-refractivity contribution in [2.75, 3.05) is 0 Å². The summed E-state index contributed by atoms with van der Waals surface area (Å²) < 4.78 is 1.81. The van der Waals surface area contributed by atoms with Crippen molar-refractivity contribution in [3.8, 4) is 0 Å². The number of hydrogen-bond acceptors (Lipinski definition) is 1. The van der Waals surface area contributed by atoms with E-state index in [2.05, 4.69) is 0 Å². The number of nitrogens with zero attached hydrogens (tertiary/aromatic N) is 1. The molecule has 1 heterocycles. The molecule has 76 valence electrons. The minimum absolute atomic E-state index is 0.113. The van der Waals surface area contributed by atoms with E-state index in [1.807, 2.05) is 57.6 Å². The van der Waals surface area contributed by atoms with Crippen LogP contribution in [0.1, 0.15) is 45.1 Å². The molecule has 1 aromatic rings. The maximum absolute atomic E-state index is 10.7. The number of carbonyl (C=O) groups is 1. The van der Waals surface area contributed by atoms with Crippen molar-refractivity contribution in [3.63, 3.8) is 0 Å². The molecule has 0 bridgehead atoms. The van der Waals surface area contributed by atoms with Crippen LogP contribution < -0.4 is 0 Å². The summed E-state index contributed by atoms with van der Waals surface area (Å²) >= 11 is 0. The highest BCUT2D eigenvalue weighted by atomic mass is 16.1. The van der Waals surface area contributed by atoms with E-state index >= 15 is 0 Å². The summed E-state index contributed by atoms with van der Waals surface area (Å²) in [5.41, 5.74) is 0.759. The second-order valence-corrected chi connectivity index (χ2v) is 2.06. The monoisotopic (exact) mass is 183 g/mol. The quantitative estimate of drug-likeness (QED) is 0.612. The topological polar surface area (TPSA) is 22.0 Å². The Morgan fingerprint density at radius 1 is 1.23 bits per heavy atom. The van der Waals surface area contributed by atoms with Crippen LogP contribution in [0, 0.1) is 0 Å². The molecule has 0 saturated carbocycles. The molecule has 0 aliphatic carbocycles. The van der Waals surface area contributed by atoms with Crippen molar-refractivity contribution in [2.45, 2.75) is 34.6 Å². The second kappa shape index (κ2) is 9.04. The number of carbonyl (C=O) groups excluding carboxylic acids is 1. The Bertz CT molecular complexity index is 226. The fraction of sp³-hybridized carbons (Fsp3) is 0.545. The van der Waals surface area contributed by atoms with E-state index in [1.54, 1.807) is 6.92 Å². The van der Waals surface area contributed by atoms with Crippen LogP contribution in [0.15, 0.2) is 18.3 Å². The zero-order valence-corrected chi connectivity index (χ0v) is 9.59. The van der Waals surface area contributed by atoms with Crippen molar-refractivity contribution in [1.29, 1.82) is 0 Å². The van der Waals surface area contributed by atoms with Crippen LogP contribution in [0.3, 0.4) is 0 Å². The molecule has 1 rings (SSSR count). The molecule has 0 unspecified atom stereocenters. The Morgan fingerprint density at radius 2 is 1.69 bits per heavy atom. The fourth-order valence-corrected chi connectivity index (χ4v) is 0.827. The molecule has 0 saturated heterocycles. The summed E-state index contributed by atoms with van der Waals surface area (Å²) in [4.78, 5) is 10.7. The van der Waals surface area contributed by atoms with Gasteiger partial charge in [0.1, 0.15) is 0 Å². The van der Waals surface area contributed by atoms with E-state index < -0.39 is 0 Å². The third-order valence-corrected chi connectivity index (χ3v) is 1.30. The molecule has 1 aromatic heterocycles. The van der Waals surface area contributed by atoms with Gasteiger partial charge in [0.2, 0.25) is 0 Å². The van der Waals surface area contributed by atoms with Gasteiger partial charge in [-0.2, -0.15) is 0 Å². The van der Waals surface area contributed by atoms with Gasteiger partial charge >= 0.3 is 0 Å². The number of aromatic nitrogens is 1. The molecule has 0 spiro atoms. The molecular weight excluding hydrogens is 162 g/mol. The second-order valence-electron chi connectivity index (χ2n) is 2.06. The Hall–Kier alpha value is -1.05. The van der Waals surface area contributed by atoms with E-state index in [4.69, 9.17) is 0 Å². The van der Waals surface area contributed by atoms with Gasteiger partial charge in [0.05, 0.1) is 5.69 Å². The standard InChI is InChI=1S/C7H9NO.2C2H6/c1-6(9)7-4-3-5-8(7)2;2*1-2/h3-5H,1-2H3;2*1-2H3. The summed E-state index contributed by atoms with van der Waals surface area (Å²) in [6, 6.07) is 3.67. The molecule has 0 aliphatic rings. The number of ketones is 1. The maximum atomic E-state index is 10.7. The smallest absolute Gasteiger partial charge is 0.176 e. The predicted octanol–water partition coefficient (Wildman–Crippen LogP) is 3.28. The molecule has 2 nitrogen and oxygen atoms in total. The summed E-state index contributed by atoms with van der Waals surface area (Å²) in [6.45, 7) is 9.56. The number of aryl methyl sites for hydroxylation is 1. The highest BCUT2D eigenvalue weighted by Gasteiger charge is 1.99. The predicted molar refractivity (Wildman–Crippen MR) is 58.1 cm³/mol. The summed E-state index contributed by atoms with van der Waals surface area (Å²) in [7, 11) is 1.86. The average molecular weight is 183 g/mol. The van der Waals surface area contributed by atoms with Crippen LogP contribution >= 0.6 is 0 Å². The molecule has 0 atom stereocenters. The van der Waals surface area contributed by atoms with E-state index in [1.165, 1.54) is 0 Å². The Balaban J connectivity index is 0. The van der Waals surface area contributed by atoms with Crippen LogP contribution in [0.25, 0.3) is 0 Å². The number of hydrogen-bond donors (Lipinski definition) is 0. The van der Waals surface area contributed by atoms with E-state index in [0.29, 0.717) is 0 Å². The number of rotatable bonds is 1. The van der Waals surface area contributed by atoms with E-state index in [9.17, 15) is 4.79 Å². The van der Waals surface area contributed by atoms with Crippen molar-refractivity contribution in [3.05, 3.63) is 24.0 Å². The Kier molecular flexibility index (Phi) is 10.1. The van der Waals surface area contributed by atoms with Gasteiger partial charge in [-0.3, -0.25) is 4.79 Å². The lowest BCUT2D eigenvalue weighted by Crippen LogP contribution is -1.99. The minimum Gasteiger partial charge on any atom is -0.348 e. The first-order valence-electron chi connectivity index (χ1n) is 4.84. The molecule has 0 amide bonds. The largest absolute Gasteiger partial charge is 0.348 e. The molecule has 13 heavy (non-hydrogen) atoms. The van der Waals surface area contributed by atoms with Gasteiger partial charge in [-0.1, -0.05) is 27.7 Å². The molecule has 0 radical (unpaired) electrons. The van der Waals surface area contributed by atoms with Crippen LogP contribution in [-0.2, 0) is 7.05 Å². The SMILES string of the molecule is CC.CC.CC(=O)c1cccn1C. The van der Waals surface area contributed by atoms with Crippen LogP contribution in [0.5, 0.6) is 0 Å². The van der Waals surface area contributed by atoms with Gasteiger partial charge in [0, 0.05) is 20.2 Å². The molecule has 0 fully saturated rings. The highest BCUT2D eigenvalue weighted by molar-refractivity contribution is 5.92. The molecular formula is C11H21NO. The summed E-state index contributed by atoms with van der Waals surface area (Å²) in [5, 5.41) is 0. The highest BCUT2D eigenvalue weighted by Crippen LogP contribution is 1.98. The zero-order valence-electron chi connectivity index (χ0n) is 9.59. The van der Waals surface area contributed by atoms with Gasteiger partial charge in [0.25, 0.3) is 0 Å². The normalized spacial score (nSPS) is 7.54. The van der Waals surface area contributed by atoms with Gasteiger partial charge < -0.3 is 4.57 Å². The van der Waals surface area contributed by atoms with Crippen molar-refractivity contribution >= 4 is 5.78 Å². The maximum Gasteiger partial charge on any atom is 0.176 e. The van der Waals surface area contributed by atoms with Gasteiger partial charge in [-0.05, 0) is 12.1 Å². The Morgan fingerprint density at radius 3 is 1.85 bits per heavy atom. The lowest BCUT2D eigenvalue weighted by atomic mass is 10.3. The molecule has 0 N–H and O–H groups in total. The zero-order chi connectivity index (χ0) is 10.9. The molecule has 2 heteroatoms. The third-order valence-electron chi connectivity index (χ3n) is 1.30. The van der Waals surface area contributed by atoms with Gasteiger partial charge in [-0.15, -0.1) is 0 Å². The Labute approximate surface area is 81.6 Å². The van der Waals surface area contributed by atoms with Crippen LogP contribution in [-0.4, -0.2) is 10.4 Å². The van der Waals surface area contributed by atoms with Gasteiger partial charge in [0.15, 0.2) is 5.78 Å². The lowest BCUT2D eigenvalue weighted by molar-refractivity contribution is 0.101. The van der Waals surface area contributed by atoms with Crippen LogP contribution in [0.2, 0.25) is 0 Å². The average Bonchev–Trinajstić information content (AvgIpc) is 2.58. The van der Waals surface area contributed by atoms with Crippen molar-refractivity contribution in [1.82, 2.24) is 4.57 Å². The minimum atomic E-state index is 0.113. The first-order valence-corrected chi connectivity index (χ1v) is 4.84. The van der Waals surface area contributed by atoms with E-state index in [-0.39, 0.29) is 5.78 Å². The van der Waals surface area contributed by atoms with E-state index in [0.717, 1.165) is 5.69 Å². The lowest BCUT2D eigenvalue weighted by Gasteiger charge is -1.94. The summed E-state index contributed by atoms with van der Waals surface area (Å²) in [5.74, 6) is 0.113. The summed E-state index contributed by atoms with van der Waals surface area (Å²) in [6.07, 6.45) is 1.86. The first kappa shape index (κ1) is 14.5. The molecule has 0 aromatic carbocycles. The fourth-order valence-electron chi connectivity index (χ4n) is 0.827. The third kappa shape index (κ3) is 5.23. The van der Waals surface area contributed by atoms with Crippen LogP contribution in [0.4, 0.5) is 0 Å².